The largest absolute Gasteiger partial charge is 0.353 e. The van der Waals surface area contributed by atoms with Gasteiger partial charge in [-0.05, 0) is 43.5 Å². The van der Waals surface area contributed by atoms with Gasteiger partial charge in [-0.3, -0.25) is 9.78 Å². The van der Waals surface area contributed by atoms with Gasteiger partial charge in [-0.25, -0.2) is 0 Å². The number of hydrogen-bond acceptors (Lipinski definition) is 3. The van der Waals surface area contributed by atoms with Crippen molar-refractivity contribution in [1.29, 1.82) is 0 Å². The number of aromatic nitrogens is 1. The lowest BCUT2D eigenvalue weighted by Gasteiger charge is -2.26. The van der Waals surface area contributed by atoms with Crippen molar-refractivity contribution in [3.8, 4) is 0 Å². The van der Waals surface area contributed by atoms with E-state index < -0.39 is 0 Å². The maximum atomic E-state index is 12.5. The van der Waals surface area contributed by atoms with Gasteiger partial charge in [0.25, 0.3) is 5.91 Å². The number of nitrogens with one attached hydrogen (secondary N) is 1. The lowest BCUT2D eigenvalue weighted by Crippen LogP contribution is -2.35. The zero-order valence-electron chi connectivity index (χ0n) is 12.6. The average Bonchev–Trinajstić information content (AvgIpc) is 2.58. The summed E-state index contributed by atoms with van der Waals surface area (Å²) in [5.74, 6) is 0.0260. The number of pyridine rings is 1. The van der Waals surface area contributed by atoms with Gasteiger partial charge in [-0.15, -0.1) is 0 Å². The second-order valence-corrected chi connectivity index (χ2v) is 6.41. The molecule has 2 aromatic rings. The van der Waals surface area contributed by atoms with E-state index >= 15 is 0 Å². The first-order valence-electron chi connectivity index (χ1n) is 7.60. The summed E-state index contributed by atoms with van der Waals surface area (Å²) in [4.78, 5) is 18.6. The molecule has 2 heterocycles. The van der Waals surface area contributed by atoms with Crippen molar-refractivity contribution in [1.82, 2.24) is 9.88 Å². The highest BCUT2D eigenvalue weighted by molar-refractivity contribution is 6.35. The van der Waals surface area contributed by atoms with Crippen LogP contribution in [0.5, 0.6) is 0 Å². The van der Waals surface area contributed by atoms with Crippen LogP contribution in [0.3, 0.4) is 0 Å². The number of rotatable bonds is 3. The number of likely N-dealkylation sites (tertiary alicyclic amines) is 1. The number of halogens is 2. The van der Waals surface area contributed by atoms with Crippen LogP contribution in [-0.4, -0.2) is 28.9 Å². The molecule has 6 heteroatoms. The number of nitrogens with zero attached hydrogens (tertiary/aromatic N) is 2. The van der Waals surface area contributed by atoms with Gasteiger partial charge in [-0.2, -0.15) is 0 Å². The molecule has 0 bridgehead atoms. The van der Waals surface area contributed by atoms with E-state index in [0.717, 1.165) is 25.9 Å². The minimum atomic E-state index is 0.0260. The van der Waals surface area contributed by atoms with E-state index in [4.69, 9.17) is 23.2 Å². The summed E-state index contributed by atoms with van der Waals surface area (Å²) in [6.45, 7) is 1.63. The number of carbonyl (C=O) groups excluding carboxylic acids is 1. The van der Waals surface area contributed by atoms with E-state index in [1.54, 1.807) is 36.7 Å². The van der Waals surface area contributed by atoms with Crippen molar-refractivity contribution in [2.75, 3.05) is 18.4 Å². The molecule has 0 unspecified atom stereocenters. The van der Waals surface area contributed by atoms with Gasteiger partial charge in [0.05, 0.1) is 28.2 Å². The number of anilines is 2. The van der Waals surface area contributed by atoms with Crippen LogP contribution in [0.25, 0.3) is 0 Å². The predicted octanol–water partition coefficient (Wildman–Crippen LogP) is 4.76. The molecule has 1 fully saturated rings. The van der Waals surface area contributed by atoms with Crippen molar-refractivity contribution in [2.45, 2.75) is 19.3 Å². The van der Waals surface area contributed by atoms with Crippen molar-refractivity contribution < 1.29 is 4.79 Å². The van der Waals surface area contributed by atoms with Crippen LogP contribution in [-0.2, 0) is 0 Å². The highest BCUT2D eigenvalue weighted by atomic mass is 35.5. The third-order valence-electron chi connectivity index (χ3n) is 3.84. The smallest absolute Gasteiger partial charge is 0.255 e. The lowest BCUT2D eigenvalue weighted by molar-refractivity contribution is 0.0724. The van der Waals surface area contributed by atoms with Crippen LogP contribution in [0.15, 0.2) is 36.7 Å². The van der Waals surface area contributed by atoms with Crippen molar-refractivity contribution in [3.63, 3.8) is 0 Å². The molecule has 0 spiro atoms. The van der Waals surface area contributed by atoms with Gasteiger partial charge in [0.2, 0.25) is 0 Å². The van der Waals surface area contributed by atoms with E-state index in [9.17, 15) is 4.79 Å². The third-order valence-corrected chi connectivity index (χ3v) is 4.40. The molecule has 23 heavy (non-hydrogen) atoms. The zero-order chi connectivity index (χ0) is 16.2. The highest BCUT2D eigenvalue weighted by Crippen LogP contribution is 2.28. The Labute approximate surface area is 145 Å². The molecule has 1 aromatic carbocycles. The molecule has 1 amide bonds. The van der Waals surface area contributed by atoms with Crippen LogP contribution in [0.4, 0.5) is 11.4 Å². The molecule has 1 N–H and O–H groups in total. The first-order chi connectivity index (χ1) is 11.1. The van der Waals surface area contributed by atoms with Gasteiger partial charge in [-0.1, -0.05) is 23.2 Å². The molecule has 1 saturated heterocycles. The molecule has 0 saturated carbocycles. The quantitative estimate of drug-likeness (QED) is 0.868. The van der Waals surface area contributed by atoms with Crippen LogP contribution in [0.1, 0.15) is 29.6 Å². The Kier molecular flexibility index (Phi) is 5.03. The molecule has 3 rings (SSSR count). The monoisotopic (exact) mass is 349 g/mol. The molecule has 0 aliphatic carbocycles. The Morgan fingerprint density at radius 1 is 1.09 bits per heavy atom. The summed E-state index contributed by atoms with van der Waals surface area (Å²) < 4.78 is 0. The standard InChI is InChI=1S/C17H17Cl2N3O/c18-13-4-5-15(19)16(9-13)21-14-8-12(10-20-11-14)17(23)22-6-2-1-3-7-22/h4-5,8-11,21H,1-3,6-7H2. The summed E-state index contributed by atoms with van der Waals surface area (Å²) in [6, 6.07) is 6.98. The fourth-order valence-corrected chi connectivity index (χ4v) is 2.99. The third kappa shape index (κ3) is 3.95. The molecular weight excluding hydrogens is 333 g/mol. The van der Waals surface area contributed by atoms with E-state index in [1.807, 2.05) is 4.90 Å². The number of benzene rings is 1. The molecule has 4 nitrogen and oxygen atoms in total. The van der Waals surface area contributed by atoms with Crippen molar-refractivity contribution in [2.24, 2.45) is 0 Å². The second-order valence-electron chi connectivity index (χ2n) is 5.56. The minimum absolute atomic E-state index is 0.0260. The summed E-state index contributed by atoms with van der Waals surface area (Å²) in [5, 5.41) is 4.31. The van der Waals surface area contributed by atoms with Gasteiger partial charge in [0.1, 0.15) is 0 Å². The van der Waals surface area contributed by atoms with Crippen molar-refractivity contribution in [3.05, 3.63) is 52.3 Å². The first-order valence-corrected chi connectivity index (χ1v) is 8.35. The Balaban J connectivity index is 1.79. The van der Waals surface area contributed by atoms with Gasteiger partial charge < -0.3 is 10.2 Å². The zero-order valence-corrected chi connectivity index (χ0v) is 14.1. The van der Waals surface area contributed by atoms with Crippen LogP contribution < -0.4 is 5.32 Å². The van der Waals surface area contributed by atoms with Gasteiger partial charge in [0.15, 0.2) is 0 Å². The van der Waals surface area contributed by atoms with Crippen LogP contribution in [0.2, 0.25) is 10.0 Å². The fraction of sp³-hybridized carbons (Fsp3) is 0.294. The average molecular weight is 350 g/mol. The van der Waals surface area contributed by atoms with Crippen LogP contribution >= 0.6 is 23.2 Å². The predicted molar refractivity (Wildman–Crippen MR) is 93.7 cm³/mol. The summed E-state index contributed by atoms with van der Waals surface area (Å²) >= 11 is 12.1. The SMILES string of the molecule is O=C(c1cncc(Nc2cc(Cl)ccc2Cl)c1)N1CCCCC1. The number of piperidine rings is 1. The molecule has 1 aliphatic heterocycles. The fourth-order valence-electron chi connectivity index (χ4n) is 2.65. The molecule has 1 aromatic heterocycles. The maximum absolute atomic E-state index is 12.5. The number of hydrogen-bond donors (Lipinski definition) is 1. The summed E-state index contributed by atoms with van der Waals surface area (Å²) in [7, 11) is 0. The van der Waals surface area contributed by atoms with Crippen LogP contribution in [0, 0.1) is 0 Å². The van der Waals surface area contributed by atoms with Gasteiger partial charge >= 0.3 is 0 Å². The van der Waals surface area contributed by atoms with Gasteiger partial charge in [0, 0.05) is 24.3 Å². The molecule has 0 radical (unpaired) electrons. The van der Waals surface area contributed by atoms with E-state index in [2.05, 4.69) is 10.3 Å². The highest BCUT2D eigenvalue weighted by Gasteiger charge is 2.18. The topological polar surface area (TPSA) is 45.2 Å². The molecule has 120 valence electrons. The van der Waals surface area contributed by atoms with E-state index in [-0.39, 0.29) is 5.91 Å². The minimum Gasteiger partial charge on any atom is -0.353 e. The van der Waals surface area contributed by atoms with Crippen molar-refractivity contribution >= 4 is 40.5 Å². The Morgan fingerprint density at radius 3 is 2.65 bits per heavy atom. The molecular formula is C17H17Cl2N3O. The molecule has 0 atom stereocenters. The first kappa shape index (κ1) is 16.1. The Morgan fingerprint density at radius 2 is 1.87 bits per heavy atom. The maximum Gasteiger partial charge on any atom is 0.255 e. The summed E-state index contributed by atoms with van der Waals surface area (Å²) in [6.07, 6.45) is 6.58. The van der Waals surface area contributed by atoms with E-state index in [1.165, 1.54) is 6.42 Å². The normalized spacial score (nSPS) is 14.6. The Hall–Kier alpha value is -1.78. The number of amides is 1. The van der Waals surface area contributed by atoms with E-state index in [0.29, 0.717) is 27.0 Å². The summed E-state index contributed by atoms with van der Waals surface area (Å²) in [5.41, 5.74) is 1.97. The molecule has 1 aliphatic rings. The Bertz CT molecular complexity index is 715. The number of carbonyl (C=O) groups is 1. The lowest BCUT2D eigenvalue weighted by atomic mass is 10.1. The second kappa shape index (κ2) is 7.20.